The third kappa shape index (κ3) is 3.78. The Balaban J connectivity index is 1.59. The Morgan fingerprint density at radius 1 is 1.10 bits per heavy atom. The molecule has 1 aliphatic rings. The van der Waals surface area contributed by atoms with Crippen LogP contribution in [0.25, 0.3) is 0 Å². The van der Waals surface area contributed by atoms with E-state index in [1.807, 2.05) is 38.1 Å². The van der Waals surface area contributed by atoms with Gasteiger partial charge in [0, 0.05) is 23.2 Å². The van der Waals surface area contributed by atoms with Crippen molar-refractivity contribution in [3.8, 4) is 0 Å². The summed E-state index contributed by atoms with van der Waals surface area (Å²) in [6.07, 6.45) is 4.49. The number of carbonyl (C=O) groups is 2. The minimum atomic E-state index is -0.421. The number of aryl methyl sites for hydroxylation is 2. The molecular weight excluding hydrogens is 382 g/mol. The third-order valence-electron chi connectivity index (χ3n) is 5.22. The topological polar surface area (TPSA) is 96.8 Å². The lowest BCUT2D eigenvalue weighted by Crippen LogP contribution is -2.21. The maximum atomic E-state index is 12.9. The standard InChI is InChI=1S/C23H23N3O4/c1-3-15-8-4-5-9-16(15)24-23(28)21-14(2)20-17(10-6-11-18(20)30-21)25-26-22(27)19-12-7-13-29-19/h4-5,7-9,12-13H,3,6,10-11H2,1-2H3,(H,24,28)(H,26,27)/b25-17+. The number of benzene rings is 1. The lowest BCUT2D eigenvalue weighted by atomic mass is 9.93. The summed E-state index contributed by atoms with van der Waals surface area (Å²) in [6, 6.07) is 10.9. The zero-order valence-electron chi connectivity index (χ0n) is 17.0. The van der Waals surface area contributed by atoms with Gasteiger partial charge in [0.15, 0.2) is 11.5 Å². The minimum absolute atomic E-state index is 0.189. The van der Waals surface area contributed by atoms with Crippen LogP contribution in [0.4, 0.5) is 5.69 Å². The molecule has 0 fully saturated rings. The summed E-state index contributed by atoms with van der Waals surface area (Å²) in [6.45, 7) is 3.89. The molecule has 0 unspecified atom stereocenters. The van der Waals surface area contributed by atoms with E-state index in [9.17, 15) is 9.59 Å². The Hall–Kier alpha value is -3.61. The van der Waals surface area contributed by atoms with Gasteiger partial charge in [-0.05, 0) is 49.9 Å². The van der Waals surface area contributed by atoms with Gasteiger partial charge in [0.05, 0.1) is 12.0 Å². The van der Waals surface area contributed by atoms with Crippen LogP contribution in [0, 0.1) is 6.92 Å². The predicted octanol–water partition coefficient (Wildman–Crippen LogP) is 4.47. The quantitative estimate of drug-likeness (QED) is 0.612. The van der Waals surface area contributed by atoms with Gasteiger partial charge in [0.25, 0.3) is 5.91 Å². The molecule has 0 saturated heterocycles. The fraction of sp³-hybridized carbons (Fsp3) is 0.261. The number of hydrogen-bond donors (Lipinski definition) is 2. The molecule has 0 radical (unpaired) electrons. The van der Waals surface area contributed by atoms with Crippen molar-refractivity contribution < 1.29 is 18.4 Å². The highest BCUT2D eigenvalue weighted by Gasteiger charge is 2.28. The van der Waals surface area contributed by atoms with Crippen LogP contribution in [0.2, 0.25) is 0 Å². The summed E-state index contributed by atoms with van der Waals surface area (Å²) in [5.74, 6) is 0.474. The SMILES string of the molecule is CCc1ccccc1NC(=O)c1oc2c(c1C)/C(=N/NC(=O)c1ccco1)CCC2. The maximum absolute atomic E-state index is 12.9. The molecule has 2 heterocycles. The van der Waals surface area contributed by atoms with Crippen LogP contribution in [0.3, 0.4) is 0 Å². The third-order valence-corrected chi connectivity index (χ3v) is 5.22. The summed E-state index contributed by atoms with van der Waals surface area (Å²) >= 11 is 0. The summed E-state index contributed by atoms with van der Waals surface area (Å²) in [7, 11) is 0. The first-order chi connectivity index (χ1) is 14.6. The summed E-state index contributed by atoms with van der Waals surface area (Å²) in [5.41, 5.74) is 6.59. The van der Waals surface area contributed by atoms with Crippen LogP contribution in [-0.2, 0) is 12.8 Å². The fourth-order valence-electron chi connectivity index (χ4n) is 3.71. The van der Waals surface area contributed by atoms with Gasteiger partial charge in [-0.2, -0.15) is 5.10 Å². The average molecular weight is 405 g/mol. The Bertz CT molecular complexity index is 1110. The zero-order chi connectivity index (χ0) is 21.1. The Kier molecular flexibility index (Phi) is 5.52. The number of rotatable bonds is 5. The van der Waals surface area contributed by atoms with Crippen LogP contribution in [-0.4, -0.2) is 17.5 Å². The van der Waals surface area contributed by atoms with Gasteiger partial charge in [-0.25, -0.2) is 5.43 Å². The number of fused-ring (bicyclic) bond motifs is 1. The molecule has 2 N–H and O–H groups in total. The van der Waals surface area contributed by atoms with Crippen LogP contribution >= 0.6 is 0 Å². The Morgan fingerprint density at radius 2 is 1.93 bits per heavy atom. The smallest absolute Gasteiger partial charge is 0.307 e. The molecule has 0 spiro atoms. The van der Waals surface area contributed by atoms with Gasteiger partial charge >= 0.3 is 5.91 Å². The highest BCUT2D eigenvalue weighted by atomic mass is 16.4. The van der Waals surface area contributed by atoms with Crippen molar-refractivity contribution in [2.24, 2.45) is 5.10 Å². The van der Waals surface area contributed by atoms with Crippen molar-refractivity contribution in [1.29, 1.82) is 0 Å². The number of nitrogens with one attached hydrogen (secondary N) is 2. The van der Waals surface area contributed by atoms with E-state index >= 15 is 0 Å². The number of carbonyl (C=O) groups excluding carboxylic acids is 2. The first-order valence-electron chi connectivity index (χ1n) is 10.0. The maximum Gasteiger partial charge on any atom is 0.307 e. The van der Waals surface area contributed by atoms with Crippen molar-refractivity contribution in [2.45, 2.75) is 39.5 Å². The van der Waals surface area contributed by atoms with E-state index in [-0.39, 0.29) is 17.4 Å². The zero-order valence-corrected chi connectivity index (χ0v) is 17.0. The molecule has 7 nitrogen and oxygen atoms in total. The normalized spacial score (nSPS) is 14.4. The lowest BCUT2D eigenvalue weighted by Gasteiger charge is -2.13. The predicted molar refractivity (Wildman–Crippen MR) is 113 cm³/mol. The lowest BCUT2D eigenvalue weighted by molar-refractivity contribution is 0.0926. The molecular formula is C23H23N3O4. The number of hydrogen-bond acceptors (Lipinski definition) is 5. The van der Waals surface area contributed by atoms with Crippen LogP contribution in [0.5, 0.6) is 0 Å². The molecule has 0 atom stereocenters. The van der Waals surface area contributed by atoms with E-state index in [1.54, 1.807) is 12.1 Å². The highest BCUT2D eigenvalue weighted by molar-refractivity contribution is 6.09. The van der Waals surface area contributed by atoms with Gasteiger partial charge in [0.2, 0.25) is 0 Å². The number of anilines is 1. The van der Waals surface area contributed by atoms with Crippen molar-refractivity contribution >= 4 is 23.2 Å². The number of furan rings is 2. The molecule has 0 aliphatic heterocycles. The van der Waals surface area contributed by atoms with Crippen molar-refractivity contribution in [2.75, 3.05) is 5.32 Å². The first-order valence-corrected chi connectivity index (χ1v) is 10.0. The average Bonchev–Trinajstić information content (AvgIpc) is 3.41. The van der Waals surface area contributed by atoms with Crippen molar-refractivity contribution in [1.82, 2.24) is 5.43 Å². The number of hydrazone groups is 1. The summed E-state index contributed by atoms with van der Waals surface area (Å²) in [4.78, 5) is 25.0. The summed E-state index contributed by atoms with van der Waals surface area (Å²) in [5, 5.41) is 7.25. The molecule has 2 amide bonds. The Morgan fingerprint density at radius 3 is 2.70 bits per heavy atom. The van der Waals surface area contributed by atoms with Crippen molar-refractivity contribution in [3.05, 3.63) is 76.6 Å². The molecule has 1 aromatic carbocycles. The second-order valence-corrected chi connectivity index (χ2v) is 7.15. The molecule has 0 bridgehead atoms. The molecule has 4 rings (SSSR count). The van der Waals surface area contributed by atoms with Gasteiger partial charge in [-0.3, -0.25) is 9.59 Å². The second-order valence-electron chi connectivity index (χ2n) is 7.15. The van der Waals surface area contributed by atoms with Crippen LogP contribution in [0.15, 0.2) is 56.6 Å². The molecule has 1 aliphatic carbocycles. The van der Waals surface area contributed by atoms with E-state index in [2.05, 4.69) is 15.8 Å². The van der Waals surface area contributed by atoms with E-state index < -0.39 is 5.91 Å². The molecule has 0 saturated carbocycles. The van der Waals surface area contributed by atoms with Crippen LogP contribution in [0.1, 0.15) is 63.3 Å². The molecule has 7 heteroatoms. The molecule has 30 heavy (non-hydrogen) atoms. The van der Waals surface area contributed by atoms with Gasteiger partial charge in [-0.15, -0.1) is 0 Å². The number of amides is 2. The largest absolute Gasteiger partial charge is 0.459 e. The summed E-state index contributed by atoms with van der Waals surface area (Å²) < 4.78 is 11.0. The molecule has 154 valence electrons. The van der Waals surface area contributed by atoms with E-state index in [0.717, 1.165) is 47.4 Å². The fourth-order valence-corrected chi connectivity index (χ4v) is 3.71. The van der Waals surface area contributed by atoms with Gasteiger partial charge < -0.3 is 14.2 Å². The first kappa shape index (κ1) is 19.7. The van der Waals surface area contributed by atoms with Gasteiger partial charge in [-0.1, -0.05) is 25.1 Å². The van der Waals surface area contributed by atoms with Crippen molar-refractivity contribution in [3.63, 3.8) is 0 Å². The minimum Gasteiger partial charge on any atom is -0.459 e. The monoisotopic (exact) mass is 405 g/mol. The van der Waals surface area contributed by atoms with E-state index in [0.29, 0.717) is 12.1 Å². The number of para-hydroxylation sites is 1. The molecule has 2 aromatic heterocycles. The molecule has 3 aromatic rings. The van der Waals surface area contributed by atoms with Crippen LogP contribution < -0.4 is 10.7 Å². The van der Waals surface area contributed by atoms with E-state index in [1.165, 1.54) is 6.26 Å². The van der Waals surface area contributed by atoms with E-state index in [4.69, 9.17) is 8.83 Å². The number of nitrogens with zero attached hydrogens (tertiary/aromatic N) is 1. The highest BCUT2D eigenvalue weighted by Crippen LogP contribution is 2.30. The van der Waals surface area contributed by atoms with Gasteiger partial charge in [0.1, 0.15) is 5.76 Å². The Labute approximate surface area is 174 Å². The second kappa shape index (κ2) is 8.41.